The largest absolute Gasteiger partial charge is 0.469 e. The first-order valence-corrected chi connectivity index (χ1v) is 6.07. The average molecular weight is 279 g/mol. The van der Waals surface area contributed by atoms with E-state index in [1.165, 1.54) is 24.9 Å². The van der Waals surface area contributed by atoms with Gasteiger partial charge in [-0.1, -0.05) is 6.92 Å². The number of hydrogen-bond donors (Lipinski definition) is 0. The lowest BCUT2D eigenvalue weighted by Crippen LogP contribution is -2.14. The molecular weight excluding hydrogens is 267 g/mol. The third-order valence-electron chi connectivity index (χ3n) is 2.15. The van der Waals surface area contributed by atoms with Crippen LogP contribution in [0.2, 0.25) is 0 Å². The third kappa shape index (κ3) is 4.21. The summed E-state index contributed by atoms with van der Waals surface area (Å²) < 4.78 is 41.4. The minimum Gasteiger partial charge on any atom is -0.469 e. The van der Waals surface area contributed by atoms with E-state index in [9.17, 15) is 18.0 Å². The molecule has 18 heavy (non-hydrogen) atoms. The summed E-state index contributed by atoms with van der Waals surface area (Å²) in [6.07, 6.45) is -3.60. The molecule has 0 N–H and O–H groups in total. The molecule has 0 aliphatic rings. The van der Waals surface area contributed by atoms with Crippen molar-refractivity contribution in [1.82, 2.24) is 4.98 Å². The van der Waals surface area contributed by atoms with Gasteiger partial charge in [0, 0.05) is 11.9 Å². The Morgan fingerprint density at radius 2 is 2.17 bits per heavy atom. The molecule has 0 aliphatic carbocycles. The Morgan fingerprint density at radius 3 is 2.61 bits per heavy atom. The SMILES string of the molecule is COC(=O)C(C)CSc1ccc(C(F)(F)F)cn1. The van der Waals surface area contributed by atoms with Gasteiger partial charge in [0.1, 0.15) is 0 Å². The molecule has 1 aromatic rings. The van der Waals surface area contributed by atoms with E-state index in [4.69, 9.17) is 0 Å². The van der Waals surface area contributed by atoms with Crippen molar-refractivity contribution in [2.45, 2.75) is 18.1 Å². The molecule has 0 aromatic carbocycles. The van der Waals surface area contributed by atoms with Gasteiger partial charge < -0.3 is 4.74 Å². The van der Waals surface area contributed by atoms with E-state index >= 15 is 0 Å². The molecule has 0 spiro atoms. The Bertz CT molecular complexity index is 406. The summed E-state index contributed by atoms with van der Waals surface area (Å²) in [5.74, 6) is -0.274. The molecule has 0 aliphatic heterocycles. The Kier molecular flexibility index (Phi) is 5.01. The predicted molar refractivity (Wildman–Crippen MR) is 61.1 cm³/mol. The van der Waals surface area contributed by atoms with Crippen molar-refractivity contribution in [2.24, 2.45) is 5.92 Å². The molecule has 0 saturated heterocycles. The second-order valence-corrected chi connectivity index (χ2v) is 4.66. The van der Waals surface area contributed by atoms with Gasteiger partial charge in [0.15, 0.2) is 0 Å². The molecule has 0 fully saturated rings. The number of esters is 1. The number of nitrogens with zero attached hydrogens (tertiary/aromatic N) is 1. The van der Waals surface area contributed by atoms with Gasteiger partial charge in [-0.2, -0.15) is 13.2 Å². The van der Waals surface area contributed by atoms with E-state index in [1.807, 2.05) is 0 Å². The van der Waals surface area contributed by atoms with Crippen molar-refractivity contribution in [1.29, 1.82) is 0 Å². The van der Waals surface area contributed by atoms with Crippen molar-refractivity contribution in [3.05, 3.63) is 23.9 Å². The summed E-state index contributed by atoms with van der Waals surface area (Å²) in [5.41, 5.74) is -0.784. The number of thioether (sulfide) groups is 1. The molecule has 1 unspecified atom stereocenters. The first-order valence-electron chi connectivity index (χ1n) is 5.08. The van der Waals surface area contributed by atoms with Gasteiger partial charge in [-0.25, -0.2) is 4.98 Å². The molecule has 0 radical (unpaired) electrons. The Balaban J connectivity index is 2.57. The number of pyridine rings is 1. The minimum absolute atomic E-state index is 0.330. The van der Waals surface area contributed by atoms with Crippen LogP contribution in [-0.4, -0.2) is 23.8 Å². The molecule has 0 bridgehead atoms. The van der Waals surface area contributed by atoms with E-state index < -0.39 is 11.7 Å². The fraction of sp³-hybridized carbons (Fsp3) is 0.455. The highest BCUT2D eigenvalue weighted by Crippen LogP contribution is 2.29. The Labute approximate surface area is 107 Å². The monoisotopic (exact) mass is 279 g/mol. The molecule has 3 nitrogen and oxygen atoms in total. The molecule has 0 amide bonds. The summed E-state index contributed by atoms with van der Waals surface area (Å²) >= 11 is 1.21. The quantitative estimate of drug-likeness (QED) is 0.627. The highest BCUT2D eigenvalue weighted by molar-refractivity contribution is 7.99. The Morgan fingerprint density at radius 1 is 1.50 bits per heavy atom. The van der Waals surface area contributed by atoms with Crippen molar-refractivity contribution in [3.63, 3.8) is 0 Å². The summed E-state index contributed by atoms with van der Waals surface area (Å²) in [5, 5.41) is 0.443. The zero-order valence-electron chi connectivity index (χ0n) is 9.82. The number of ether oxygens (including phenoxy) is 1. The molecule has 7 heteroatoms. The van der Waals surface area contributed by atoms with Gasteiger partial charge in [0.25, 0.3) is 0 Å². The molecular formula is C11H12F3NO2S. The minimum atomic E-state index is -4.38. The highest BCUT2D eigenvalue weighted by Gasteiger charge is 2.30. The van der Waals surface area contributed by atoms with Gasteiger partial charge in [0.2, 0.25) is 0 Å². The van der Waals surface area contributed by atoms with Gasteiger partial charge in [-0.3, -0.25) is 4.79 Å². The first kappa shape index (κ1) is 14.8. The van der Waals surface area contributed by atoms with E-state index in [0.29, 0.717) is 10.8 Å². The van der Waals surface area contributed by atoms with Crippen LogP contribution in [0.1, 0.15) is 12.5 Å². The topological polar surface area (TPSA) is 39.2 Å². The van der Waals surface area contributed by atoms with Crippen LogP contribution in [0.25, 0.3) is 0 Å². The number of methoxy groups -OCH3 is 1. The zero-order valence-corrected chi connectivity index (χ0v) is 10.6. The third-order valence-corrected chi connectivity index (χ3v) is 3.35. The van der Waals surface area contributed by atoms with E-state index in [2.05, 4.69) is 9.72 Å². The average Bonchev–Trinajstić information content (AvgIpc) is 2.34. The fourth-order valence-corrected chi connectivity index (χ4v) is 1.96. The molecule has 1 heterocycles. The second-order valence-electron chi connectivity index (χ2n) is 3.62. The van der Waals surface area contributed by atoms with Crippen LogP contribution in [0.3, 0.4) is 0 Å². The molecule has 1 atom stereocenters. The molecule has 1 aromatic heterocycles. The number of alkyl halides is 3. The number of carbonyl (C=O) groups is 1. The maximum absolute atomic E-state index is 12.3. The predicted octanol–water partition coefficient (Wildman–Crippen LogP) is 3.00. The lowest BCUT2D eigenvalue weighted by Gasteiger charge is -2.09. The van der Waals surface area contributed by atoms with Crippen LogP contribution in [0.15, 0.2) is 23.4 Å². The van der Waals surface area contributed by atoms with Crippen LogP contribution >= 0.6 is 11.8 Å². The maximum Gasteiger partial charge on any atom is 0.417 e. The fourth-order valence-electron chi connectivity index (χ4n) is 1.11. The number of halogens is 3. The summed E-state index contributed by atoms with van der Waals surface area (Å²) in [6.45, 7) is 1.68. The molecule has 1 rings (SSSR count). The lowest BCUT2D eigenvalue weighted by atomic mass is 10.2. The van der Waals surface area contributed by atoms with Crippen molar-refractivity contribution in [3.8, 4) is 0 Å². The lowest BCUT2D eigenvalue weighted by molar-refractivity contribution is -0.144. The standard InChI is InChI=1S/C11H12F3NO2S/c1-7(10(16)17-2)6-18-9-4-3-8(5-15-9)11(12,13)14/h3-5,7H,6H2,1-2H3. The van der Waals surface area contributed by atoms with Crippen molar-refractivity contribution < 1.29 is 22.7 Å². The number of hydrogen-bond acceptors (Lipinski definition) is 4. The summed E-state index contributed by atoms with van der Waals surface area (Å²) in [6, 6.07) is 2.26. The van der Waals surface area contributed by atoms with Crippen LogP contribution in [0, 0.1) is 5.92 Å². The van der Waals surface area contributed by atoms with Crippen molar-refractivity contribution in [2.75, 3.05) is 12.9 Å². The number of carbonyl (C=O) groups excluding carboxylic acids is 1. The number of rotatable bonds is 4. The van der Waals surface area contributed by atoms with Crippen LogP contribution in [0.4, 0.5) is 13.2 Å². The van der Waals surface area contributed by atoms with E-state index in [0.717, 1.165) is 12.3 Å². The number of aromatic nitrogens is 1. The molecule has 0 saturated carbocycles. The summed E-state index contributed by atoms with van der Waals surface area (Å²) in [4.78, 5) is 14.8. The van der Waals surface area contributed by atoms with Gasteiger partial charge in [0.05, 0.1) is 23.6 Å². The first-order chi connectivity index (χ1) is 8.34. The van der Waals surface area contributed by atoms with Gasteiger partial charge in [-0.05, 0) is 12.1 Å². The maximum atomic E-state index is 12.3. The highest BCUT2D eigenvalue weighted by atomic mass is 32.2. The normalized spacial score (nSPS) is 13.2. The summed E-state index contributed by atoms with van der Waals surface area (Å²) in [7, 11) is 1.29. The Hall–Kier alpha value is -1.24. The van der Waals surface area contributed by atoms with Crippen LogP contribution < -0.4 is 0 Å². The molecule has 100 valence electrons. The zero-order chi connectivity index (χ0) is 13.8. The van der Waals surface area contributed by atoms with E-state index in [1.54, 1.807) is 6.92 Å². The van der Waals surface area contributed by atoms with E-state index in [-0.39, 0.29) is 11.9 Å². The second kappa shape index (κ2) is 6.08. The van der Waals surface area contributed by atoms with Gasteiger partial charge in [-0.15, -0.1) is 11.8 Å². The van der Waals surface area contributed by atoms with Crippen LogP contribution in [0.5, 0.6) is 0 Å². The van der Waals surface area contributed by atoms with Gasteiger partial charge >= 0.3 is 12.1 Å². The van der Waals surface area contributed by atoms with Crippen molar-refractivity contribution >= 4 is 17.7 Å². The smallest absolute Gasteiger partial charge is 0.417 e. The van der Waals surface area contributed by atoms with Crippen LogP contribution in [-0.2, 0) is 15.7 Å².